The van der Waals surface area contributed by atoms with Gasteiger partial charge in [-0.15, -0.1) is 0 Å². The Labute approximate surface area is 141 Å². The van der Waals surface area contributed by atoms with E-state index in [9.17, 15) is 8.78 Å². The van der Waals surface area contributed by atoms with Crippen LogP contribution >= 0.6 is 11.6 Å². The van der Waals surface area contributed by atoms with Gasteiger partial charge < -0.3 is 9.30 Å². The molecule has 0 aliphatic carbocycles. The van der Waals surface area contributed by atoms with Crippen molar-refractivity contribution in [3.05, 3.63) is 41.1 Å². The Bertz CT molecular complexity index is 937. The van der Waals surface area contributed by atoms with E-state index in [0.29, 0.717) is 30.1 Å². The van der Waals surface area contributed by atoms with Gasteiger partial charge >= 0.3 is 0 Å². The van der Waals surface area contributed by atoms with Gasteiger partial charge in [0.05, 0.1) is 24.4 Å². The zero-order valence-electron chi connectivity index (χ0n) is 12.8. The minimum absolute atomic E-state index is 0.0381. The molecule has 0 bridgehead atoms. The summed E-state index contributed by atoms with van der Waals surface area (Å²) < 4.78 is 35.9. The highest BCUT2D eigenvalue weighted by molar-refractivity contribution is 6.28. The van der Waals surface area contributed by atoms with Gasteiger partial charge in [-0.2, -0.15) is 0 Å². The third-order valence-electron chi connectivity index (χ3n) is 4.18. The van der Waals surface area contributed by atoms with Crippen LogP contribution in [0.1, 0.15) is 18.3 Å². The van der Waals surface area contributed by atoms with Crippen molar-refractivity contribution in [2.75, 3.05) is 13.2 Å². The van der Waals surface area contributed by atoms with Gasteiger partial charge in [-0.05, 0) is 37.1 Å². The topological polar surface area (TPSA) is 52.8 Å². The first-order chi connectivity index (χ1) is 11.5. The van der Waals surface area contributed by atoms with E-state index in [2.05, 4.69) is 15.0 Å². The monoisotopic (exact) mass is 350 g/mol. The van der Waals surface area contributed by atoms with Crippen molar-refractivity contribution in [3.63, 3.8) is 0 Å². The molecule has 0 radical (unpaired) electrons. The number of nitrogens with zero attached hydrogens (tertiary/aromatic N) is 4. The highest BCUT2D eigenvalue weighted by atomic mass is 35.5. The quantitative estimate of drug-likeness (QED) is 0.661. The second-order valence-electron chi connectivity index (χ2n) is 5.71. The lowest BCUT2D eigenvalue weighted by atomic mass is 10.1. The molecule has 5 nitrogen and oxygen atoms in total. The fraction of sp³-hybridized carbons (Fsp3) is 0.312. The van der Waals surface area contributed by atoms with Gasteiger partial charge in [-0.25, -0.2) is 23.7 Å². The van der Waals surface area contributed by atoms with Gasteiger partial charge in [0.15, 0.2) is 11.6 Å². The zero-order chi connectivity index (χ0) is 16.8. The zero-order valence-corrected chi connectivity index (χ0v) is 13.5. The largest absolute Gasteiger partial charge is 0.379 e. The molecule has 1 aliphatic rings. The first-order valence-corrected chi connectivity index (χ1v) is 7.86. The summed E-state index contributed by atoms with van der Waals surface area (Å²) in [7, 11) is 0. The van der Waals surface area contributed by atoms with Crippen LogP contribution in [0.25, 0.3) is 22.3 Å². The smallest absolute Gasteiger partial charge is 0.223 e. The number of hydrogen-bond donors (Lipinski definition) is 0. The molecule has 8 heteroatoms. The van der Waals surface area contributed by atoms with Crippen molar-refractivity contribution in [1.29, 1.82) is 0 Å². The lowest BCUT2D eigenvalue weighted by Gasteiger charge is -2.14. The number of rotatable bonds is 2. The van der Waals surface area contributed by atoms with Crippen molar-refractivity contribution in [2.24, 2.45) is 0 Å². The summed E-state index contributed by atoms with van der Waals surface area (Å²) in [6.07, 6.45) is 1.80. The molecule has 1 aromatic carbocycles. The number of imidazole rings is 1. The lowest BCUT2D eigenvalue weighted by molar-refractivity contribution is 0.187. The summed E-state index contributed by atoms with van der Waals surface area (Å²) in [5.74, 6) is -0.500. The van der Waals surface area contributed by atoms with Gasteiger partial charge in [-0.3, -0.25) is 0 Å². The second-order valence-corrected chi connectivity index (χ2v) is 6.05. The van der Waals surface area contributed by atoms with Gasteiger partial charge in [0.25, 0.3) is 0 Å². The second kappa shape index (κ2) is 5.75. The Kier molecular flexibility index (Phi) is 3.69. The molecule has 1 aliphatic heterocycles. The lowest BCUT2D eigenvalue weighted by Crippen LogP contribution is -2.10. The standard InChI is InChI=1S/C16H13ClF2N4O/c1-8-21-15-11(18)4-9(14-12(19)6-20-16(17)22-14)5-13(15)23(8)10-2-3-24-7-10/h4-6,10H,2-3,7H2,1H3/t10-/m0/s1. The van der Waals surface area contributed by atoms with Crippen LogP contribution in [0, 0.1) is 18.6 Å². The summed E-state index contributed by atoms with van der Waals surface area (Å²) >= 11 is 5.75. The van der Waals surface area contributed by atoms with Crippen LogP contribution in [0.2, 0.25) is 5.28 Å². The molecular formula is C16H13ClF2N4O. The summed E-state index contributed by atoms with van der Waals surface area (Å²) in [6, 6.07) is 2.98. The normalized spacial score (nSPS) is 17.8. The van der Waals surface area contributed by atoms with Crippen molar-refractivity contribution >= 4 is 22.6 Å². The SMILES string of the molecule is Cc1nc2c(F)cc(-c3nc(Cl)ncc3F)cc2n1[C@H]1CCOC1. The first kappa shape index (κ1) is 15.4. The third kappa shape index (κ3) is 2.44. The fourth-order valence-electron chi connectivity index (χ4n) is 3.14. The van der Waals surface area contributed by atoms with Crippen LogP contribution in [0.5, 0.6) is 0 Å². The molecule has 0 saturated carbocycles. The maximum atomic E-state index is 14.5. The predicted octanol–water partition coefficient (Wildman–Crippen LogP) is 3.69. The van der Waals surface area contributed by atoms with Gasteiger partial charge in [0, 0.05) is 12.2 Å². The van der Waals surface area contributed by atoms with Crippen LogP contribution < -0.4 is 0 Å². The van der Waals surface area contributed by atoms with E-state index < -0.39 is 11.6 Å². The minimum Gasteiger partial charge on any atom is -0.379 e. The highest BCUT2D eigenvalue weighted by Crippen LogP contribution is 2.32. The molecule has 124 valence electrons. The summed E-state index contributed by atoms with van der Waals surface area (Å²) in [5, 5.41) is -0.0965. The van der Waals surface area contributed by atoms with E-state index in [1.54, 1.807) is 6.07 Å². The van der Waals surface area contributed by atoms with Crippen molar-refractivity contribution in [2.45, 2.75) is 19.4 Å². The molecule has 3 aromatic rings. The van der Waals surface area contributed by atoms with Crippen molar-refractivity contribution in [1.82, 2.24) is 19.5 Å². The number of aromatic nitrogens is 4. The summed E-state index contributed by atoms with van der Waals surface area (Å²) in [4.78, 5) is 11.8. The Morgan fingerprint density at radius 3 is 2.83 bits per heavy atom. The van der Waals surface area contributed by atoms with Crippen LogP contribution in [0.4, 0.5) is 8.78 Å². The summed E-state index contributed by atoms with van der Waals surface area (Å²) in [6.45, 7) is 3.02. The van der Waals surface area contributed by atoms with E-state index >= 15 is 0 Å². The molecule has 0 spiro atoms. The van der Waals surface area contributed by atoms with Crippen LogP contribution in [0.15, 0.2) is 18.3 Å². The molecule has 1 saturated heterocycles. The Hall–Kier alpha value is -2.12. The maximum absolute atomic E-state index is 14.5. The number of halogens is 3. The number of ether oxygens (including phenoxy) is 1. The molecule has 24 heavy (non-hydrogen) atoms. The van der Waals surface area contributed by atoms with E-state index in [1.807, 2.05) is 11.5 Å². The van der Waals surface area contributed by atoms with E-state index in [-0.39, 0.29) is 22.5 Å². The van der Waals surface area contributed by atoms with Crippen LogP contribution in [0.3, 0.4) is 0 Å². The van der Waals surface area contributed by atoms with Gasteiger partial charge in [-0.1, -0.05) is 0 Å². The molecule has 0 amide bonds. The van der Waals surface area contributed by atoms with Crippen molar-refractivity contribution < 1.29 is 13.5 Å². The van der Waals surface area contributed by atoms with Crippen molar-refractivity contribution in [3.8, 4) is 11.3 Å². The third-order valence-corrected chi connectivity index (χ3v) is 4.37. The van der Waals surface area contributed by atoms with E-state index in [1.165, 1.54) is 6.07 Å². The number of fused-ring (bicyclic) bond motifs is 1. The van der Waals surface area contributed by atoms with E-state index in [0.717, 1.165) is 12.6 Å². The molecule has 3 heterocycles. The van der Waals surface area contributed by atoms with E-state index in [4.69, 9.17) is 16.3 Å². The average Bonchev–Trinajstić information content (AvgIpc) is 3.16. The Balaban J connectivity index is 1.95. The molecule has 0 unspecified atom stereocenters. The maximum Gasteiger partial charge on any atom is 0.223 e. The molecule has 1 fully saturated rings. The first-order valence-electron chi connectivity index (χ1n) is 7.49. The summed E-state index contributed by atoms with van der Waals surface area (Å²) in [5.41, 5.74) is 1.10. The van der Waals surface area contributed by atoms with Gasteiger partial charge in [0.2, 0.25) is 5.28 Å². The fourth-order valence-corrected chi connectivity index (χ4v) is 3.27. The molecule has 4 rings (SSSR count). The van der Waals surface area contributed by atoms with Crippen LogP contribution in [-0.2, 0) is 4.74 Å². The number of hydrogen-bond acceptors (Lipinski definition) is 4. The average molecular weight is 351 g/mol. The molecule has 0 N–H and O–H groups in total. The molecular weight excluding hydrogens is 338 g/mol. The van der Waals surface area contributed by atoms with Gasteiger partial charge in [0.1, 0.15) is 17.0 Å². The molecule has 2 aromatic heterocycles. The highest BCUT2D eigenvalue weighted by Gasteiger charge is 2.24. The predicted molar refractivity (Wildman–Crippen MR) is 84.9 cm³/mol. The Morgan fingerprint density at radius 2 is 2.08 bits per heavy atom. The van der Waals surface area contributed by atoms with Crippen LogP contribution in [-0.4, -0.2) is 32.7 Å². The molecule has 1 atom stereocenters. The number of aryl methyl sites for hydroxylation is 1. The Morgan fingerprint density at radius 1 is 1.25 bits per heavy atom. The number of benzene rings is 1. The minimum atomic E-state index is -0.662.